The number of imidazole rings is 1. The van der Waals surface area contributed by atoms with Crippen LogP contribution in [0.4, 0.5) is 0 Å². The summed E-state index contributed by atoms with van der Waals surface area (Å²) in [6.45, 7) is 7.00. The van der Waals surface area contributed by atoms with Crippen LogP contribution in [0.1, 0.15) is 0 Å². The molecule has 1 radical (unpaired) electrons. The van der Waals surface area contributed by atoms with Gasteiger partial charge in [-0.25, -0.2) is 4.98 Å². The molecule has 0 bridgehead atoms. The Morgan fingerprint density at radius 3 is 1.95 bits per heavy atom. The van der Waals surface area contributed by atoms with Gasteiger partial charge in [-0.05, 0) is 58.4 Å². The second-order valence-electron chi connectivity index (χ2n) is 14.7. The minimum absolute atomic E-state index is 0. The Bertz CT molecular complexity index is 2920. The van der Waals surface area contributed by atoms with Gasteiger partial charge in [0.15, 0.2) is 0 Å². The van der Waals surface area contributed by atoms with Crippen LogP contribution >= 0.6 is 0 Å². The van der Waals surface area contributed by atoms with Gasteiger partial charge in [0, 0.05) is 42.9 Å². The molecule has 6 aromatic carbocycles. The predicted molar refractivity (Wildman–Crippen MR) is 233 cm³/mol. The third-order valence-electron chi connectivity index (χ3n) is 10.00. The van der Waals surface area contributed by atoms with Crippen LogP contribution in [-0.2, 0) is 20.1 Å². The molecule has 5 nitrogen and oxygen atoms in total. The number of rotatable bonds is 6. The zero-order valence-electron chi connectivity index (χ0n) is 31.8. The summed E-state index contributed by atoms with van der Waals surface area (Å²) < 4.78 is 8.65. The molecule has 0 N–H and O–H groups in total. The van der Waals surface area contributed by atoms with E-state index in [-0.39, 0.29) is 20.1 Å². The van der Waals surface area contributed by atoms with Crippen molar-refractivity contribution in [1.29, 1.82) is 0 Å². The van der Waals surface area contributed by atoms with Gasteiger partial charge in [-0.2, -0.15) is 0 Å². The standard InChI is InChI=1S/C36H22N3O.C14H16NSi.Ir/c1-3-10-24(11-4-1)25-18-20-27(21-19-25)39-33-17-8-7-16-32(33)37-35(39)30-15-9-14-28-29-22-23-31(26-12-5-2-6-13-26)38-36(29)40-34(28)30;1-16(2,3)13-9-10-14(15-11-13)12-7-5-4-6-8-12;/h1-14,16-23H;4-7,9-11H,1-3H3;/q2*-1;. The van der Waals surface area contributed by atoms with Crippen LogP contribution in [0.5, 0.6) is 0 Å². The molecule has 10 rings (SSSR count). The largest absolute Gasteiger partial charge is 0.486 e. The van der Waals surface area contributed by atoms with Gasteiger partial charge in [0.1, 0.15) is 0 Å². The van der Waals surface area contributed by atoms with Gasteiger partial charge >= 0.3 is 0 Å². The molecule has 0 fully saturated rings. The zero-order chi connectivity index (χ0) is 38.1. The van der Waals surface area contributed by atoms with Gasteiger partial charge in [-0.1, -0.05) is 128 Å². The number of pyridine rings is 2. The Morgan fingerprint density at radius 1 is 0.561 bits per heavy atom. The zero-order valence-corrected chi connectivity index (χ0v) is 35.2. The summed E-state index contributed by atoms with van der Waals surface area (Å²) in [5.74, 6) is 0.779. The van der Waals surface area contributed by atoms with Gasteiger partial charge in [-0.15, -0.1) is 54.1 Å². The van der Waals surface area contributed by atoms with Crippen molar-refractivity contribution in [2.45, 2.75) is 19.6 Å². The Morgan fingerprint density at radius 2 is 1.25 bits per heavy atom. The molecular weight excluding hydrogens is 893 g/mol. The van der Waals surface area contributed by atoms with Gasteiger partial charge in [0.05, 0.1) is 36.2 Å². The Kier molecular flexibility index (Phi) is 10.6. The Hall–Kier alpha value is -6.24. The maximum Gasteiger partial charge on any atom is 0.216 e. The van der Waals surface area contributed by atoms with Crippen LogP contribution < -0.4 is 5.19 Å². The van der Waals surface area contributed by atoms with Gasteiger partial charge < -0.3 is 14.0 Å². The fraction of sp³-hybridized carbons (Fsp3) is 0.0600. The second-order valence-corrected chi connectivity index (χ2v) is 19.8. The van der Waals surface area contributed by atoms with Crippen molar-refractivity contribution in [2.24, 2.45) is 0 Å². The average Bonchev–Trinajstić information content (AvgIpc) is 3.83. The summed E-state index contributed by atoms with van der Waals surface area (Å²) in [5, 5.41) is 3.36. The minimum atomic E-state index is -1.23. The summed E-state index contributed by atoms with van der Waals surface area (Å²) in [7, 11) is -1.23. The molecule has 0 atom stereocenters. The third-order valence-corrected chi connectivity index (χ3v) is 12.0. The van der Waals surface area contributed by atoms with E-state index in [4.69, 9.17) is 14.4 Å². The molecule has 0 aliphatic rings. The number of aromatic nitrogens is 4. The van der Waals surface area contributed by atoms with Crippen molar-refractivity contribution >= 4 is 46.4 Å². The monoisotopic (exact) mass is 931 g/mol. The number of hydrogen-bond donors (Lipinski definition) is 0. The third kappa shape index (κ3) is 7.65. The Balaban J connectivity index is 0.000000226. The number of furan rings is 1. The first kappa shape index (κ1) is 37.7. The van der Waals surface area contributed by atoms with Crippen LogP contribution in [0.15, 0.2) is 180 Å². The first-order chi connectivity index (χ1) is 27.4. The SMILES string of the molecule is C[Si](C)(C)c1ccc(-c2[c-]cccc2)nc1.[Ir].[c-]1ccc2c(oc3nc(-c4ccccc4)ccc32)c1-c1nc2ccccc2n1-c1ccc(-c2ccccc2)cc1. The predicted octanol–water partition coefficient (Wildman–Crippen LogP) is 12.2. The van der Waals surface area contributed by atoms with Gasteiger partial charge in [0.25, 0.3) is 0 Å². The van der Waals surface area contributed by atoms with Crippen molar-refractivity contribution in [3.05, 3.63) is 188 Å². The molecule has 279 valence electrons. The summed E-state index contributed by atoms with van der Waals surface area (Å²) in [5.41, 5.74) is 11.4. The van der Waals surface area contributed by atoms with E-state index in [1.54, 1.807) is 0 Å². The fourth-order valence-electron chi connectivity index (χ4n) is 7.00. The molecule has 0 saturated heterocycles. The van der Waals surface area contributed by atoms with Gasteiger partial charge in [0.2, 0.25) is 5.71 Å². The van der Waals surface area contributed by atoms with Crippen LogP contribution in [0.25, 0.3) is 83.8 Å². The molecule has 10 aromatic rings. The molecule has 57 heavy (non-hydrogen) atoms. The minimum Gasteiger partial charge on any atom is -0.486 e. The molecule has 0 spiro atoms. The van der Waals surface area contributed by atoms with Crippen molar-refractivity contribution < 1.29 is 24.5 Å². The van der Waals surface area contributed by atoms with Crippen molar-refractivity contribution in [2.75, 3.05) is 0 Å². The van der Waals surface area contributed by atoms with E-state index < -0.39 is 8.07 Å². The number of nitrogens with zero attached hydrogens (tertiary/aromatic N) is 4. The molecule has 0 aliphatic heterocycles. The summed E-state index contributed by atoms with van der Waals surface area (Å²) in [4.78, 5) is 14.5. The van der Waals surface area contributed by atoms with Crippen molar-refractivity contribution in [3.8, 4) is 50.7 Å². The van der Waals surface area contributed by atoms with E-state index in [0.717, 1.165) is 67.0 Å². The van der Waals surface area contributed by atoms with Crippen LogP contribution in [0.2, 0.25) is 19.6 Å². The van der Waals surface area contributed by atoms with Crippen LogP contribution in [-0.4, -0.2) is 27.6 Å². The summed E-state index contributed by atoms with van der Waals surface area (Å²) in [6, 6.07) is 64.4. The molecule has 0 amide bonds. The quantitative estimate of drug-likeness (QED) is 0.123. The summed E-state index contributed by atoms with van der Waals surface area (Å²) in [6.07, 6.45) is 2.02. The van der Waals surface area contributed by atoms with E-state index in [1.165, 1.54) is 16.3 Å². The van der Waals surface area contributed by atoms with Gasteiger partial charge in [-0.3, -0.25) is 4.98 Å². The molecule has 4 heterocycles. The first-order valence-corrected chi connectivity index (χ1v) is 22.3. The number of fused-ring (bicyclic) bond motifs is 4. The first-order valence-electron chi connectivity index (χ1n) is 18.8. The van der Waals surface area contributed by atoms with Crippen molar-refractivity contribution in [3.63, 3.8) is 0 Å². The maximum absolute atomic E-state index is 6.47. The van der Waals surface area contributed by atoms with E-state index in [2.05, 4.69) is 126 Å². The second kappa shape index (κ2) is 16.1. The molecule has 0 aliphatic carbocycles. The van der Waals surface area contributed by atoms with Crippen LogP contribution in [0.3, 0.4) is 0 Å². The molecule has 0 saturated carbocycles. The number of hydrogen-bond acceptors (Lipinski definition) is 4. The smallest absolute Gasteiger partial charge is 0.216 e. The summed E-state index contributed by atoms with van der Waals surface area (Å²) >= 11 is 0. The van der Waals surface area contributed by atoms with E-state index >= 15 is 0 Å². The maximum atomic E-state index is 6.47. The molecule has 4 aromatic heterocycles. The molecule has 7 heteroatoms. The fourth-order valence-corrected chi connectivity index (χ4v) is 8.03. The van der Waals surface area contributed by atoms with E-state index in [9.17, 15) is 0 Å². The molecular formula is C50H38IrN4OSi-2. The number of benzene rings is 6. The number of para-hydroxylation sites is 2. The molecule has 0 unspecified atom stereocenters. The normalized spacial score (nSPS) is 11.3. The topological polar surface area (TPSA) is 56.7 Å². The average molecular weight is 931 g/mol. The Labute approximate surface area is 347 Å². The van der Waals surface area contributed by atoms with Crippen molar-refractivity contribution in [1.82, 2.24) is 19.5 Å². The van der Waals surface area contributed by atoms with E-state index in [0.29, 0.717) is 5.71 Å². The van der Waals surface area contributed by atoms with Crippen LogP contribution in [0, 0.1) is 12.1 Å². The van der Waals surface area contributed by atoms with E-state index in [1.807, 2.05) is 91.1 Å².